The van der Waals surface area contributed by atoms with Crippen molar-refractivity contribution in [2.75, 3.05) is 41.9 Å². The van der Waals surface area contributed by atoms with Gasteiger partial charge in [0.1, 0.15) is 15.7 Å². The van der Waals surface area contributed by atoms with E-state index in [2.05, 4.69) is 24.1 Å². The van der Waals surface area contributed by atoms with Gasteiger partial charge in [-0.3, -0.25) is 0 Å². The van der Waals surface area contributed by atoms with Gasteiger partial charge in [0.25, 0.3) is 0 Å². The third-order valence-electron chi connectivity index (χ3n) is 8.48. The molecule has 0 radical (unpaired) electrons. The van der Waals surface area contributed by atoms with Crippen LogP contribution in [0.3, 0.4) is 0 Å². The van der Waals surface area contributed by atoms with Gasteiger partial charge in [-0.25, -0.2) is 18.2 Å². The highest BCUT2D eigenvalue weighted by molar-refractivity contribution is 7.90. The number of carboxylic acids is 1. The molecule has 14 heteroatoms. The predicted octanol–water partition coefficient (Wildman–Crippen LogP) is 4.82. The van der Waals surface area contributed by atoms with E-state index >= 15 is 0 Å². The summed E-state index contributed by atoms with van der Waals surface area (Å²) in [7, 11) is -2.95. The summed E-state index contributed by atoms with van der Waals surface area (Å²) in [4.78, 5) is 21.3. The fourth-order valence-electron chi connectivity index (χ4n) is 6.27. The van der Waals surface area contributed by atoms with Crippen LogP contribution in [-0.2, 0) is 26.5 Å². The second kappa shape index (κ2) is 12.8. The zero-order chi connectivity index (χ0) is 31.7. The molecule has 1 aliphatic heterocycles. The normalized spacial score (nSPS) is 24.8. The van der Waals surface area contributed by atoms with Crippen LogP contribution in [0.1, 0.15) is 62.3 Å². The fourth-order valence-corrected chi connectivity index (χ4v) is 7.53. The minimum atomic E-state index is -5.08. The van der Waals surface area contributed by atoms with Crippen molar-refractivity contribution in [1.29, 1.82) is 0 Å². The van der Waals surface area contributed by atoms with Gasteiger partial charge >= 0.3 is 12.1 Å². The highest BCUT2D eigenvalue weighted by Crippen LogP contribution is 2.42. The van der Waals surface area contributed by atoms with Gasteiger partial charge in [-0.15, -0.1) is 0 Å². The van der Waals surface area contributed by atoms with Crippen molar-refractivity contribution in [2.24, 2.45) is 11.8 Å². The first-order valence-electron chi connectivity index (χ1n) is 14.2. The predicted molar refractivity (Wildman–Crippen MR) is 159 cm³/mol. The number of benzene rings is 1. The van der Waals surface area contributed by atoms with Crippen LogP contribution in [0, 0.1) is 11.8 Å². The molecule has 2 aliphatic carbocycles. The molecule has 9 nitrogen and oxygen atoms in total. The lowest BCUT2D eigenvalue weighted by molar-refractivity contribution is -0.192. The monoisotopic (exact) mass is 646 g/mol. The van der Waals surface area contributed by atoms with Crippen molar-refractivity contribution in [1.82, 2.24) is 9.97 Å². The Morgan fingerprint density at radius 3 is 2.35 bits per heavy atom. The van der Waals surface area contributed by atoms with Crippen molar-refractivity contribution >= 4 is 39.2 Å². The largest absolute Gasteiger partial charge is 0.490 e. The van der Waals surface area contributed by atoms with E-state index in [4.69, 9.17) is 31.5 Å². The van der Waals surface area contributed by atoms with Gasteiger partial charge in [-0.2, -0.15) is 18.2 Å². The quantitative estimate of drug-likeness (QED) is 0.387. The molecule has 5 rings (SSSR count). The summed E-state index contributed by atoms with van der Waals surface area (Å²) in [6, 6.07) is 8.14. The number of nitrogens with one attached hydrogen (secondary N) is 1. The molecule has 1 aromatic carbocycles. The number of carbonyl (C=O) groups is 1. The number of hydrogen-bond donors (Lipinski definition) is 3. The van der Waals surface area contributed by atoms with Crippen LogP contribution in [0.15, 0.2) is 24.3 Å². The van der Waals surface area contributed by atoms with E-state index in [1.54, 1.807) is 0 Å². The summed E-state index contributed by atoms with van der Waals surface area (Å²) >= 11 is 6.11. The van der Waals surface area contributed by atoms with Crippen LogP contribution in [0.4, 0.5) is 24.9 Å². The van der Waals surface area contributed by atoms with E-state index in [0.29, 0.717) is 17.5 Å². The van der Waals surface area contributed by atoms with E-state index in [-0.39, 0.29) is 41.6 Å². The molecule has 0 spiro atoms. The van der Waals surface area contributed by atoms with Crippen LogP contribution in [0.2, 0.25) is 5.02 Å². The maximum atomic E-state index is 11.7. The molecule has 2 fully saturated rings. The number of anilines is 2. The third-order valence-corrected chi connectivity index (χ3v) is 9.81. The molecule has 1 saturated carbocycles. The fraction of sp³-hybridized carbons (Fsp3) is 0.621. The number of alkyl halides is 3. The van der Waals surface area contributed by atoms with Gasteiger partial charge < -0.3 is 20.4 Å². The van der Waals surface area contributed by atoms with Crippen molar-refractivity contribution < 1.29 is 36.6 Å². The number of aliphatic hydroxyl groups excluding tert-OH is 1. The Balaban J connectivity index is 0.000000541. The lowest BCUT2D eigenvalue weighted by Crippen LogP contribution is -2.40. The summed E-state index contributed by atoms with van der Waals surface area (Å²) in [6.45, 7) is 6.06. The van der Waals surface area contributed by atoms with Gasteiger partial charge in [0.15, 0.2) is 0 Å². The van der Waals surface area contributed by atoms with Gasteiger partial charge in [-0.1, -0.05) is 37.6 Å². The van der Waals surface area contributed by atoms with Crippen molar-refractivity contribution in [3.63, 3.8) is 0 Å². The highest BCUT2D eigenvalue weighted by atomic mass is 35.5. The van der Waals surface area contributed by atoms with E-state index in [0.717, 1.165) is 50.2 Å². The molecule has 0 bridgehead atoms. The molecule has 2 aromatic rings. The highest BCUT2D eigenvalue weighted by Gasteiger charge is 2.39. The number of hydrogen-bond acceptors (Lipinski definition) is 8. The summed E-state index contributed by atoms with van der Waals surface area (Å²) in [6.07, 6.45) is 1.07. The van der Waals surface area contributed by atoms with Crippen LogP contribution in [0.5, 0.6) is 0 Å². The number of sulfone groups is 1. The summed E-state index contributed by atoms with van der Waals surface area (Å²) in [5.41, 5.74) is 3.45. The van der Waals surface area contributed by atoms with Crippen LogP contribution in [-0.4, -0.2) is 78.5 Å². The molecule has 2 atom stereocenters. The first kappa shape index (κ1) is 33.3. The van der Waals surface area contributed by atoms with Gasteiger partial charge in [0, 0.05) is 59.8 Å². The molecule has 0 amide bonds. The Hall–Kier alpha value is -2.64. The number of aromatic nitrogens is 2. The van der Waals surface area contributed by atoms with E-state index in [9.17, 15) is 26.7 Å². The Labute approximate surface area is 254 Å². The maximum Gasteiger partial charge on any atom is 0.490 e. The van der Waals surface area contributed by atoms with Gasteiger partial charge in [0.2, 0.25) is 5.95 Å². The lowest BCUT2D eigenvalue weighted by atomic mass is 9.75. The molecule has 3 aliphatic rings. The molecule has 2 heterocycles. The van der Waals surface area contributed by atoms with Crippen molar-refractivity contribution in [2.45, 2.75) is 69.5 Å². The van der Waals surface area contributed by atoms with Gasteiger partial charge in [-0.05, 0) is 55.7 Å². The number of halogens is 4. The molecule has 238 valence electrons. The summed E-state index contributed by atoms with van der Waals surface area (Å²) in [5, 5.41) is 21.7. The molecule has 43 heavy (non-hydrogen) atoms. The Kier molecular flexibility index (Phi) is 9.87. The number of carboxylic acid groups (broad SMARTS) is 1. The van der Waals surface area contributed by atoms with E-state index in [1.165, 1.54) is 17.4 Å². The number of aliphatic carboxylic acids is 1. The summed E-state index contributed by atoms with van der Waals surface area (Å²) in [5.74, 6) is -0.386. The Morgan fingerprint density at radius 2 is 1.79 bits per heavy atom. The summed E-state index contributed by atoms with van der Waals surface area (Å²) < 4.78 is 55.1. The first-order valence-corrected chi connectivity index (χ1v) is 16.7. The average Bonchev–Trinajstić information content (AvgIpc) is 3.31. The minimum absolute atomic E-state index is 0.0359. The van der Waals surface area contributed by atoms with Crippen LogP contribution >= 0.6 is 11.6 Å². The Morgan fingerprint density at radius 1 is 1.16 bits per heavy atom. The maximum absolute atomic E-state index is 11.7. The third kappa shape index (κ3) is 8.30. The first-order chi connectivity index (χ1) is 20.0. The standard InChI is InChI=1S/C27H37ClN4O3S.C2HF3O2/c1-27(2)10-4-5-22-24(27)30-26(31-25(22)29-21-11-17(12-21)16-36(3,34)35)32-13-19(15-33)23(14-32)18-6-8-20(28)9-7-18;3-2(4,5)1(6)7/h6-9,17,19,21,23,33H,4-5,10-16H2,1-3H3,(H,29,30,31);(H,6,7)/t17?,19-,21?,23-;/m0./s1. The zero-order valence-corrected chi connectivity index (χ0v) is 25.9. The second-order valence-electron chi connectivity index (χ2n) is 12.5. The number of nitrogens with zero attached hydrogens (tertiary/aromatic N) is 3. The zero-order valence-electron chi connectivity index (χ0n) is 24.4. The lowest BCUT2D eigenvalue weighted by Gasteiger charge is -2.38. The molecule has 1 aromatic heterocycles. The number of aliphatic hydroxyl groups is 1. The van der Waals surface area contributed by atoms with Crippen LogP contribution in [0.25, 0.3) is 0 Å². The average molecular weight is 647 g/mol. The van der Waals surface area contributed by atoms with Crippen molar-refractivity contribution in [3.8, 4) is 0 Å². The molecule has 1 saturated heterocycles. The topological polar surface area (TPSA) is 133 Å². The minimum Gasteiger partial charge on any atom is -0.475 e. The molecular weight excluding hydrogens is 609 g/mol. The SMILES string of the molecule is CC1(C)CCCc2c(NC3CC(CS(C)(=O)=O)C3)nc(N3C[C@@H](CO)[C@H](c4ccc(Cl)cc4)C3)nc21.O=C(O)C(F)(F)F. The van der Waals surface area contributed by atoms with Gasteiger partial charge in [0.05, 0.1) is 11.4 Å². The van der Waals surface area contributed by atoms with E-state index in [1.807, 2.05) is 24.3 Å². The molecule has 3 N–H and O–H groups in total. The number of fused-ring (bicyclic) bond motifs is 1. The van der Waals surface area contributed by atoms with E-state index < -0.39 is 22.0 Å². The smallest absolute Gasteiger partial charge is 0.475 e. The van der Waals surface area contributed by atoms with Crippen LogP contribution < -0.4 is 10.2 Å². The molecular formula is C29H38ClF3N4O5S. The Bertz CT molecular complexity index is 1420. The molecule has 0 unspecified atom stereocenters. The second-order valence-corrected chi connectivity index (χ2v) is 15.1. The number of rotatable bonds is 7. The van der Waals surface area contributed by atoms with Crippen molar-refractivity contribution in [3.05, 3.63) is 46.1 Å².